The molecule has 1 heteroatoms. The van der Waals surface area contributed by atoms with Gasteiger partial charge < -0.3 is 0 Å². The van der Waals surface area contributed by atoms with E-state index in [1.165, 1.54) is 19.5 Å². The van der Waals surface area contributed by atoms with Gasteiger partial charge in [-0.2, -0.15) is 0 Å². The average Bonchev–Trinajstić information content (AvgIpc) is 2.57. The highest BCUT2D eigenvalue weighted by atomic mass is 15.2. The minimum Gasteiger partial charge on any atom is -0.300 e. The lowest BCUT2D eigenvalue weighted by Gasteiger charge is -2.28. The molecule has 1 aliphatic heterocycles. The minimum absolute atomic E-state index is 0.808. The van der Waals surface area contributed by atoms with E-state index in [0.29, 0.717) is 0 Å². The highest BCUT2D eigenvalue weighted by molar-refractivity contribution is 4.98. The molecular formula is C10H19N. The fourth-order valence-corrected chi connectivity index (χ4v) is 2.19. The predicted octanol–water partition coefficient (Wildman–Crippen LogP) is 1.98. The molecule has 0 aromatic heterocycles. The van der Waals surface area contributed by atoms with Gasteiger partial charge in [0.05, 0.1) is 0 Å². The molecular weight excluding hydrogens is 134 g/mol. The summed E-state index contributed by atoms with van der Waals surface area (Å²) >= 11 is 0. The normalized spacial score (nSPS) is 39.3. The highest BCUT2D eigenvalue weighted by Crippen LogP contribution is 2.45. The van der Waals surface area contributed by atoms with Gasteiger partial charge in [0.2, 0.25) is 0 Å². The second kappa shape index (κ2) is 2.48. The molecule has 11 heavy (non-hydrogen) atoms. The molecule has 0 amide bonds. The zero-order valence-corrected chi connectivity index (χ0v) is 7.88. The van der Waals surface area contributed by atoms with Gasteiger partial charge >= 0.3 is 0 Å². The standard InChI is InChI=1S/C10H19N/c1-7(2)8(3)11-5-9-4-10(9)6-11/h7-10H,4-6H2,1-3H3/t8-,9?,10?/m0/s1. The number of hydrogen-bond acceptors (Lipinski definition) is 1. The molecule has 1 saturated heterocycles. The molecule has 0 spiro atoms. The lowest BCUT2D eigenvalue weighted by atomic mass is 10.1. The zero-order chi connectivity index (χ0) is 8.01. The van der Waals surface area contributed by atoms with E-state index < -0.39 is 0 Å². The third-order valence-corrected chi connectivity index (χ3v) is 3.55. The van der Waals surface area contributed by atoms with Crippen LogP contribution in [-0.4, -0.2) is 24.0 Å². The molecule has 2 unspecified atom stereocenters. The van der Waals surface area contributed by atoms with Gasteiger partial charge in [0.15, 0.2) is 0 Å². The van der Waals surface area contributed by atoms with Crippen molar-refractivity contribution in [2.24, 2.45) is 17.8 Å². The summed E-state index contributed by atoms with van der Waals surface area (Å²) in [6.45, 7) is 9.81. The number of piperidine rings is 1. The Morgan fingerprint density at radius 1 is 1.09 bits per heavy atom. The second-order valence-corrected chi connectivity index (χ2v) is 4.69. The Morgan fingerprint density at radius 2 is 1.64 bits per heavy atom. The van der Waals surface area contributed by atoms with Crippen LogP contribution in [0.5, 0.6) is 0 Å². The van der Waals surface area contributed by atoms with E-state index in [2.05, 4.69) is 25.7 Å². The van der Waals surface area contributed by atoms with Crippen molar-refractivity contribution in [1.82, 2.24) is 4.90 Å². The van der Waals surface area contributed by atoms with Gasteiger partial charge in [-0.3, -0.25) is 4.90 Å². The molecule has 1 nitrogen and oxygen atoms in total. The molecule has 2 rings (SSSR count). The Kier molecular flexibility index (Phi) is 1.71. The predicted molar refractivity (Wildman–Crippen MR) is 47.5 cm³/mol. The Morgan fingerprint density at radius 3 is 2.09 bits per heavy atom. The number of rotatable bonds is 2. The fraction of sp³-hybridized carbons (Fsp3) is 1.00. The van der Waals surface area contributed by atoms with Crippen molar-refractivity contribution >= 4 is 0 Å². The zero-order valence-electron chi connectivity index (χ0n) is 7.88. The van der Waals surface area contributed by atoms with E-state index >= 15 is 0 Å². The fourth-order valence-electron chi connectivity index (χ4n) is 2.19. The molecule has 0 aromatic carbocycles. The van der Waals surface area contributed by atoms with Gasteiger partial charge in [0.25, 0.3) is 0 Å². The maximum atomic E-state index is 2.67. The molecule has 1 heterocycles. The summed E-state index contributed by atoms with van der Waals surface area (Å²) in [4.78, 5) is 2.67. The Labute approximate surface area is 69.8 Å². The molecule has 64 valence electrons. The van der Waals surface area contributed by atoms with Crippen LogP contribution in [0.15, 0.2) is 0 Å². The summed E-state index contributed by atoms with van der Waals surface area (Å²) < 4.78 is 0. The number of fused-ring (bicyclic) bond motifs is 1. The van der Waals surface area contributed by atoms with Crippen LogP contribution in [0, 0.1) is 17.8 Å². The first-order valence-corrected chi connectivity index (χ1v) is 4.92. The van der Waals surface area contributed by atoms with E-state index in [4.69, 9.17) is 0 Å². The number of likely N-dealkylation sites (tertiary alicyclic amines) is 1. The Bertz CT molecular complexity index is 143. The summed E-state index contributed by atoms with van der Waals surface area (Å²) in [5.74, 6) is 3.01. The van der Waals surface area contributed by atoms with Gasteiger partial charge in [-0.25, -0.2) is 0 Å². The molecule has 2 fully saturated rings. The van der Waals surface area contributed by atoms with Crippen LogP contribution in [0.25, 0.3) is 0 Å². The van der Waals surface area contributed by atoms with Crippen LogP contribution < -0.4 is 0 Å². The highest BCUT2D eigenvalue weighted by Gasteiger charge is 2.46. The van der Waals surface area contributed by atoms with Crippen molar-refractivity contribution < 1.29 is 0 Å². The van der Waals surface area contributed by atoms with Gasteiger partial charge in [0, 0.05) is 19.1 Å². The van der Waals surface area contributed by atoms with E-state index in [0.717, 1.165) is 23.8 Å². The van der Waals surface area contributed by atoms with Crippen LogP contribution in [0.1, 0.15) is 27.2 Å². The molecule has 2 aliphatic rings. The first kappa shape index (κ1) is 7.60. The smallest absolute Gasteiger partial charge is 0.00901 e. The third-order valence-electron chi connectivity index (χ3n) is 3.55. The number of hydrogen-bond donors (Lipinski definition) is 0. The van der Waals surface area contributed by atoms with Crippen LogP contribution >= 0.6 is 0 Å². The second-order valence-electron chi connectivity index (χ2n) is 4.69. The molecule has 3 atom stereocenters. The first-order chi connectivity index (χ1) is 5.18. The third kappa shape index (κ3) is 1.31. The molecule has 1 saturated carbocycles. The number of nitrogens with zero attached hydrogens (tertiary/aromatic N) is 1. The average molecular weight is 153 g/mol. The quantitative estimate of drug-likeness (QED) is 0.586. The summed E-state index contributed by atoms with van der Waals surface area (Å²) in [6, 6.07) is 0.808. The monoisotopic (exact) mass is 153 g/mol. The summed E-state index contributed by atoms with van der Waals surface area (Å²) in [5.41, 5.74) is 0. The van der Waals surface area contributed by atoms with Gasteiger partial charge in [0.1, 0.15) is 0 Å². The van der Waals surface area contributed by atoms with Crippen molar-refractivity contribution in [1.29, 1.82) is 0 Å². The van der Waals surface area contributed by atoms with Crippen molar-refractivity contribution in [2.45, 2.75) is 33.2 Å². The SMILES string of the molecule is CC(C)[C@H](C)N1CC2CC2C1. The summed E-state index contributed by atoms with van der Waals surface area (Å²) in [5, 5.41) is 0. The molecule has 0 radical (unpaired) electrons. The van der Waals surface area contributed by atoms with Crippen molar-refractivity contribution in [3.05, 3.63) is 0 Å². The molecule has 0 N–H and O–H groups in total. The first-order valence-electron chi connectivity index (χ1n) is 4.92. The van der Waals surface area contributed by atoms with Crippen LogP contribution in [0.4, 0.5) is 0 Å². The van der Waals surface area contributed by atoms with Crippen LogP contribution in [0.2, 0.25) is 0 Å². The van der Waals surface area contributed by atoms with Crippen LogP contribution in [-0.2, 0) is 0 Å². The van der Waals surface area contributed by atoms with Crippen molar-refractivity contribution in [3.63, 3.8) is 0 Å². The molecule has 0 aromatic rings. The van der Waals surface area contributed by atoms with E-state index in [-0.39, 0.29) is 0 Å². The van der Waals surface area contributed by atoms with Crippen LogP contribution in [0.3, 0.4) is 0 Å². The summed E-state index contributed by atoms with van der Waals surface area (Å²) in [6.07, 6.45) is 1.53. The molecule has 1 aliphatic carbocycles. The van der Waals surface area contributed by atoms with Crippen molar-refractivity contribution in [2.75, 3.05) is 13.1 Å². The summed E-state index contributed by atoms with van der Waals surface area (Å²) in [7, 11) is 0. The largest absolute Gasteiger partial charge is 0.300 e. The van der Waals surface area contributed by atoms with Gasteiger partial charge in [-0.05, 0) is 31.1 Å². The maximum Gasteiger partial charge on any atom is 0.00901 e. The maximum absolute atomic E-state index is 2.67. The molecule has 0 bridgehead atoms. The lowest BCUT2D eigenvalue weighted by Crippen LogP contribution is -2.35. The van der Waals surface area contributed by atoms with Gasteiger partial charge in [-0.15, -0.1) is 0 Å². The Hall–Kier alpha value is -0.0400. The minimum atomic E-state index is 0.808. The lowest BCUT2D eigenvalue weighted by molar-refractivity contribution is 0.188. The van der Waals surface area contributed by atoms with Crippen molar-refractivity contribution in [3.8, 4) is 0 Å². The van der Waals surface area contributed by atoms with Gasteiger partial charge in [-0.1, -0.05) is 13.8 Å². The topological polar surface area (TPSA) is 3.24 Å². The van der Waals surface area contributed by atoms with E-state index in [1.54, 1.807) is 0 Å². The van der Waals surface area contributed by atoms with E-state index in [9.17, 15) is 0 Å². The van der Waals surface area contributed by atoms with E-state index in [1.807, 2.05) is 0 Å². The Balaban J connectivity index is 1.86.